The average molecular weight is 238 g/mol. The first-order chi connectivity index (χ1) is 7.13. The predicted octanol–water partition coefficient (Wildman–Crippen LogP) is 0.738. The fourth-order valence-electron chi connectivity index (χ4n) is 0.984. The molecule has 2 N–H and O–H groups in total. The first kappa shape index (κ1) is 12.5. The van der Waals surface area contributed by atoms with Gasteiger partial charge < -0.3 is 10.2 Å². The zero-order valence-corrected chi connectivity index (χ0v) is 8.19. The number of carbonyl (C=O) groups is 1. The van der Waals surface area contributed by atoms with E-state index in [0.29, 0.717) is 6.07 Å². The summed E-state index contributed by atoms with van der Waals surface area (Å²) in [6.45, 7) is 0.419. The molecule has 1 unspecified atom stereocenters. The van der Waals surface area contributed by atoms with Crippen LogP contribution in [0.25, 0.3) is 0 Å². The normalized spacial score (nSPS) is 15.8. The summed E-state index contributed by atoms with van der Waals surface area (Å²) in [5, 5.41) is 21.0. The number of aliphatic hydroxyl groups is 1. The minimum atomic E-state index is -4.58. The van der Waals surface area contributed by atoms with Gasteiger partial charge in [-0.05, 0) is 13.0 Å². The maximum atomic E-state index is 12.1. The highest BCUT2D eigenvalue weighted by Crippen LogP contribution is 2.27. The van der Waals surface area contributed by atoms with Gasteiger partial charge in [-0.2, -0.15) is 18.3 Å². The van der Waals surface area contributed by atoms with Gasteiger partial charge in [0.05, 0.1) is 6.54 Å². The number of aliphatic carboxylic acids is 1. The Morgan fingerprint density at radius 1 is 1.56 bits per heavy atom. The number of carboxylic acid groups (broad SMARTS) is 1. The van der Waals surface area contributed by atoms with Crippen LogP contribution >= 0.6 is 0 Å². The molecule has 1 aromatic heterocycles. The lowest BCUT2D eigenvalue weighted by atomic mass is 10.1. The van der Waals surface area contributed by atoms with Crippen LogP contribution in [-0.2, 0) is 17.5 Å². The van der Waals surface area contributed by atoms with E-state index in [1.54, 1.807) is 0 Å². The summed E-state index contributed by atoms with van der Waals surface area (Å²) >= 11 is 0. The molecule has 0 radical (unpaired) electrons. The van der Waals surface area contributed by atoms with Crippen LogP contribution in [0.5, 0.6) is 0 Å². The Morgan fingerprint density at radius 2 is 2.12 bits per heavy atom. The second-order valence-corrected chi connectivity index (χ2v) is 3.48. The van der Waals surface area contributed by atoms with Crippen molar-refractivity contribution in [2.45, 2.75) is 25.2 Å². The monoisotopic (exact) mass is 238 g/mol. The molecule has 1 atom stereocenters. The SMILES string of the molecule is CC(O)(Cn1ccc(C(F)(F)F)n1)C(=O)O. The molecule has 0 spiro atoms. The molecule has 90 valence electrons. The molecule has 5 nitrogen and oxygen atoms in total. The Morgan fingerprint density at radius 3 is 2.50 bits per heavy atom. The van der Waals surface area contributed by atoms with E-state index in [1.807, 2.05) is 0 Å². The van der Waals surface area contributed by atoms with Gasteiger partial charge in [-0.1, -0.05) is 0 Å². The Balaban J connectivity index is 2.85. The standard InChI is InChI=1S/C8H9F3N2O3/c1-7(16,6(14)15)4-13-3-2-5(12-13)8(9,10)11/h2-3,16H,4H2,1H3,(H,14,15). The van der Waals surface area contributed by atoms with E-state index in [9.17, 15) is 23.1 Å². The van der Waals surface area contributed by atoms with E-state index in [4.69, 9.17) is 5.11 Å². The number of hydrogen-bond acceptors (Lipinski definition) is 3. The van der Waals surface area contributed by atoms with E-state index in [-0.39, 0.29) is 0 Å². The van der Waals surface area contributed by atoms with Crippen molar-refractivity contribution in [3.63, 3.8) is 0 Å². The Labute approximate surface area is 88.1 Å². The van der Waals surface area contributed by atoms with Crippen molar-refractivity contribution in [1.82, 2.24) is 9.78 Å². The van der Waals surface area contributed by atoms with Crippen LogP contribution in [-0.4, -0.2) is 31.6 Å². The van der Waals surface area contributed by atoms with Crippen LogP contribution in [0.3, 0.4) is 0 Å². The highest BCUT2D eigenvalue weighted by molar-refractivity contribution is 5.76. The van der Waals surface area contributed by atoms with E-state index in [1.165, 1.54) is 0 Å². The van der Waals surface area contributed by atoms with E-state index >= 15 is 0 Å². The first-order valence-electron chi connectivity index (χ1n) is 4.19. The van der Waals surface area contributed by atoms with Crippen LogP contribution < -0.4 is 0 Å². The minimum absolute atomic E-state index is 0.557. The molecule has 1 aromatic rings. The van der Waals surface area contributed by atoms with Gasteiger partial charge in [0.1, 0.15) is 0 Å². The number of nitrogens with zero attached hydrogens (tertiary/aromatic N) is 2. The number of rotatable bonds is 3. The molecule has 0 bridgehead atoms. The highest BCUT2D eigenvalue weighted by Gasteiger charge is 2.35. The van der Waals surface area contributed by atoms with Crippen molar-refractivity contribution in [3.8, 4) is 0 Å². The van der Waals surface area contributed by atoms with E-state index in [0.717, 1.165) is 17.8 Å². The van der Waals surface area contributed by atoms with Gasteiger partial charge in [0.2, 0.25) is 0 Å². The van der Waals surface area contributed by atoms with Crippen molar-refractivity contribution in [3.05, 3.63) is 18.0 Å². The van der Waals surface area contributed by atoms with Gasteiger partial charge in [0.15, 0.2) is 11.3 Å². The van der Waals surface area contributed by atoms with Crippen LogP contribution in [0.15, 0.2) is 12.3 Å². The third kappa shape index (κ3) is 2.72. The highest BCUT2D eigenvalue weighted by atomic mass is 19.4. The molecule has 1 heterocycles. The summed E-state index contributed by atoms with van der Waals surface area (Å²) in [7, 11) is 0. The van der Waals surface area contributed by atoms with Gasteiger partial charge in [-0.25, -0.2) is 4.79 Å². The van der Waals surface area contributed by atoms with Gasteiger partial charge >= 0.3 is 12.1 Å². The molecule has 8 heteroatoms. The molecule has 1 rings (SSSR count). The number of carboxylic acids is 1. The third-order valence-electron chi connectivity index (χ3n) is 1.86. The van der Waals surface area contributed by atoms with E-state index in [2.05, 4.69) is 5.10 Å². The zero-order valence-electron chi connectivity index (χ0n) is 8.19. The molecule has 0 saturated heterocycles. The lowest BCUT2D eigenvalue weighted by molar-refractivity contribution is -0.158. The zero-order chi connectivity index (χ0) is 12.6. The maximum Gasteiger partial charge on any atom is 0.435 e. The van der Waals surface area contributed by atoms with Crippen molar-refractivity contribution in [2.24, 2.45) is 0 Å². The quantitative estimate of drug-likeness (QED) is 0.814. The molecule has 0 aromatic carbocycles. The summed E-state index contributed by atoms with van der Waals surface area (Å²) in [4.78, 5) is 10.5. The Hall–Kier alpha value is -1.57. The Kier molecular flexibility index (Phi) is 2.95. The number of alkyl halides is 3. The molecule has 0 aliphatic rings. The second-order valence-electron chi connectivity index (χ2n) is 3.48. The molecule has 0 fully saturated rings. The average Bonchev–Trinajstić information content (AvgIpc) is 2.50. The number of aromatic nitrogens is 2. The summed E-state index contributed by atoms with van der Waals surface area (Å²) in [5.41, 5.74) is -3.29. The summed E-state index contributed by atoms with van der Waals surface area (Å²) in [5.74, 6) is -1.53. The van der Waals surface area contributed by atoms with Gasteiger partial charge in [0, 0.05) is 6.20 Å². The fourth-order valence-corrected chi connectivity index (χ4v) is 0.984. The summed E-state index contributed by atoms with van der Waals surface area (Å²) in [6, 6.07) is 0.706. The first-order valence-corrected chi connectivity index (χ1v) is 4.19. The number of hydrogen-bond donors (Lipinski definition) is 2. The number of halogens is 3. The van der Waals surface area contributed by atoms with Crippen molar-refractivity contribution >= 4 is 5.97 Å². The molecule has 0 amide bonds. The maximum absolute atomic E-state index is 12.1. The van der Waals surface area contributed by atoms with Gasteiger partial charge in [0.25, 0.3) is 0 Å². The molecule has 0 saturated carbocycles. The van der Waals surface area contributed by atoms with Gasteiger partial charge in [-0.3, -0.25) is 4.68 Å². The van der Waals surface area contributed by atoms with Crippen molar-refractivity contribution in [2.75, 3.05) is 0 Å². The molecule has 16 heavy (non-hydrogen) atoms. The molecular formula is C8H9F3N2O3. The van der Waals surface area contributed by atoms with Crippen LogP contribution in [0.1, 0.15) is 12.6 Å². The smallest absolute Gasteiger partial charge is 0.435 e. The Bertz CT molecular complexity index is 397. The third-order valence-corrected chi connectivity index (χ3v) is 1.86. The summed E-state index contributed by atoms with van der Waals surface area (Å²) < 4.78 is 37.1. The van der Waals surface area contributed by atoms with Crippen LogP contribution in [0.2, 0.25) is 0 Å². The molecule has 0 aliphatic carbocycles. The largest absolute Gasteiger partial charge is 0.479 e. The lowest BCUT2D eigenvalue weighted by Gasteiger charge is -2.17. The van der Waals surface area contributed by atoms with E-state index < -0.39 is 30.0 Å². The predicted molar refractivity (Wildman–Crippen MR) is 45.5 cm³/mol. The van der Waals surface area contributed by atoms with Crippen LogP contribution in [0.4, 0.5) is 13.2 Å². The van der Waals surface area contributed by atoms with Crippen molar-refractivity contribution in [1.29, 1.82) is 0 Å². The van der Waals surface area contributed by atoms with Crippen molar-refractivity contribution < 1.29 is 28.2 Å². The summed E-state index contributed by atoms with van der Waals surface area (Å²) in [6.07, 6.45) is -3.62. The van der Waals surface area contributed by atoms with Gasteiger partial charge in [-0.15, -0.1) is 0 Å². The molecular weight excluding hydrogens is 229 g/mol. The molecule has 0 aliphatic heterocycles. The second kappa shape index (κ2) is 3.78. The van der Waals surface area contributed by atoms with Crippen LogP contribution in [0, 0.1) is 0 Å². The topological polar surface area (TPSA) is 75.3 Å². The fraction of sp³-hybridized carbons (Fsp3) is 0.500. The minimum Gasteiger partial charge on any atom is -0.479 e. The lowest BCUT2D eigenvalue weighted by Crippen LogP contribution is -2.39.